The van der Waals surface area contributed by atoms with Crippen molar-refractivity contribution in [1.82, 2.24) is 0 Å². The van der Waals surface area contributed by atoms with Crippen LogP contribution in [0.4, 0.5) is 0 Å². The molecule has 0 aromatic heterocycles. The number of methoxy groups -OCH3 is 1. The van der Waals surface area contributed by atoms with Crippen molar-refractivity contribution >= 4 is 17.6 Å². The number of ether oxygens (including phenoxy) is 2. The zero-order valence-electron chi connectivity index (χ0n) is 13.3. The van der Waals surface area contributed by atoms with E-state index in [0.717, 1.165) is 18.4 Å². The van der Waals surface area contributed by atoms with Crippen LogP contribution in [-0.4, -0.2) is 24.3 Å². The normalized spacial score (nSPS) is 15.8. The number of carboxylic acids is 1. The van der Waals surface area contributed by atoms with Crippen LogP contribution in [0.15, 0.2) is 12.1 Å². The van der Waals surface area contributed by atoms with Crippen molar-refractivity contribution < 1.29 is 19.4 Å². The van der Waals surface area contributed by atoms with Gasteiger partial charge in [0.25, 0.3) is 0 Å². The third-order valence-corrected chi connectivity index (χ3v) is 4.49. The van der Waals surface area contributed by atoms with Crippen LogP contribution in [0.25, 0.3) is 0 Å². The number of hydrogen-bond donors (Lipinski definition) is 1. The Labute approximate surface area is 136 Å². The molecule has 1 fully saturated rings. The molecule has 1 saturated carbocycles. The maximum Gasteiger partial charge on any atom is 0.309 e. The minimum absolute atomic E-state index is 0.214. The van der Waals surface area contributed by atoms with Crippen molar-refractivity contribution in [3.05, 3.63) is 22.7 Å². The van der Waals surface area contributed by atoms with Gasteiger partial charge in [-0.2, -0.15) is 0 Å². The van der Waals surface area contributed by atoms with Gasteiger partial charge in [-0.1, -0.05) is 11.6 Å². The summed E-state index contributed by atoms with van der Waals surface area (Å²) < 4.78 is 11.4. The summed E-state index contributed by atoms with van der Waals surface area (Å²) in [6, 6.07) is 3.53. The van der Waals surface area contributed by atoms with E-state index in [2.05, 4.69) is 0 Å². The molecule has 0 amide bonds. The van der Waals surface area contributed by atoms with Gasteiger partial charge in [-0.15, -0.1) is 0 Å². The quantitative estimate of drug-likeness (QED) is 0.845. The second kappa shape index (κ2) is 6.78. The Bertz CT molecular complexity index is 548. The van der Waals surface area contributed by atoms with Crippen molar-refractivity contribution in [2.45, 2.75) is 52.1 Å². The molecule has 1 aromatic rings. The fraction of sp³-hybridized carbons (Fsp3) is 0.588. The van der Waals surface area contributed by atoms with Gasteiger partial charge in [0.2, 0.25) is 0 Å². The number of aliphatic carboxylic acids is 1. The highest BCUT2D eigenvalue weighted by Gasteiger charge is 2.29. The van der Waals surface area contributed by atoms with Gasteiger partial charge in [0.15, 0.2) is 11.5 Å². The van der Waals surface area contributed by atoms with Gasteiger partial charge in [-0.25, -0.2) is 0 Å². The summed E-state index contributed by atoms with van der Waals surface area (Å²) in [6.45, 7) is 3.36. The third-order valence-electron chi connectivity index (χ3n) is 4.14. The molecule has 22 heavy (non-hydrogen) atoms. The zero-order chi connectivity index (χ0) is 16.3. The summed E-state index contributed by atoms with van der Waals surface area (Å²) in [7, 11) is 1.58. The van der Waals surface area contributed by atoms with Gasteiger partial charge in [0.05, 0.1) is 18.6 Å². The highest BCUT2D eigenvalue weighted by molar-refractivity contribution is 6.31. The molecule has 0 unspecified atom stereocenters. The summed E-state index contributed by atoms with van der Waals surface area (Å²) in [6.07, 6.45) is 5.02. The third kappa shape index (κ3) is 3.86. The van der Waals surface area contributed by atoms with Crippen molar-refractivity contribution in [2.24, 2.45) is 5.41 Å². The van der Waals surface area contributed by atoms with E-state index in [1.165, 1.54) is 12.8 Å². The smallest absolute Gasteiger partial charge is 0.309 e. The molecular formula is C17H23ClO4. The van der Waals surface area contributed by atoms with Gasteiger partial charge in [-0.05, 0) is 57.6 Å². The van der Waals surface area contributed by atoms with Crippen molar-refractivity contribution in [1.29, 1.82) is 0 Å². The number of hydrogen-bond acceptors (Lipinski definition) is 3. The molecule has 1 N–H and O–H groups in total. The fourth-order valence-electron chi connectivity index (χ4n) is 2.70. The predicted molar refractivity (Wildman–Crippen MR) is 86.0 cm³/mol. The number of carboxylic acid groups (broad SMARTS) is 1. The molecule has 0 bridgehead atoms. The van der Waals surface area contributed by atoms with Crippen LogP contribution < -0.4 is 9.47 Å². The van der Waals surface area contributed by atoms with E-state index in [1.54, 1.807) is 33.1 Å². The van der Waals surface area contributed by atoms with E-state index < -0.39 is 11.4 Å². The molecule has 0 radical (unpaired) electrons. The second-order valence-corrected chi connectivity index (χ2v) is 6.89. The van der Waals surface area contributed by atoms with E-state index >= 15 is 0 Å². The van der Waals surface area contributed by atoms with E-state index in [-0.39, 0.29) is 6.10 Å². The molecule has 1 aromatic carbocycles. The first-order chi connectivity index (χ1) is 10.3. The van der Waals surface area contributed by atoms with Crippen LogP contribution in [0.3, 0.4) is 0 Å². The molecule has 2 rings (SSSR count). The second-order valence-electron chi connectivity index (χ2n) is 6.48. The van der Waals surface area contributed by atoms with E-state index in [0.29, 0.717) is 22.9 Å². The van der Waals surface area contributed by atoms with Gasteiger partial charge in [0.1, 0.15) is 0 Å². The number of carbonyl (C=O) groups is 1. The van der Waals surface area contributed by atoms with Crippen LogP contribution in [0.2, 0.25) is 5.02 Å². The highest BCUT2D eigenvalue weighted by atomic mass is 35.5. The lowest BCUT2D eigenvalue weighted by Crippen LogP contribution is -2.26. The van der Waals surface area contributed by atoms with Gasteiger partial charge in [-0.3, -0.25) is 4.79 Å². The first kappa shape index (κ1) is 16.9. The number of rotatable bonds is 6. The highest BCUT2D eigenvalue weighted by Crippen LogP contribution is 2.38. The minimum atomic E-state index is -0.886. The molecule has 0 spiro atoms. The number of halogens is 1. The van der Waals surface area contributed by atoms with Crippen LogP contribution in [-0.2, 0) is 11.2 Å². The first-order valence-electron chi connectivity index (χ1n) is 7.60. The molecule has 0 saturated heterocycles. The fourth-order valence-corrected chi connectivity index (χ4v) is 2.92. The lowest BCUT2D eigenvalue weighted by atomic mass is 9.86. The van der Waals surface area contributed by atoms with Crippen LogP contribution in [0.5, 0.6) is 11.5 Å². The standard InChI is InChI=1S/C17H23ClO4/c1-17(2,16(19)20)10-11-8-14(21-3)15(9-13(11)18)22-12-6-4-5-7-12/h8-9,12H,4-7,10H2,1-3H3,(H,19,20). The van der Waals surface area contributed by atoms with Crippen LogP contribution >= 0.6 is 11.6 Å². The van der Waals surface area contributed by atoms with Crippen LogP contribution in [0.1, 0.15) is 45.1 Å². The summed E-state index contributed by atoms with van der Waals surface area (Å²) in [5, 5.41) is 9.78. The van der Waals surface area contributed by atoms with Crippen LogP contribution in [0, 0.1) is 5.41 Å². The topological polar surface area (TPSA) is 55.8 Å². The molecule has 5 heteroatoms. The monoisotopic (exact) mass is 326 g/mol. The number of benzene rings is 1. The SMILES string of the molecule is COc1cc(CC(C)(C)C(=O)O)c(Cl)cc1OC1CCCC1. The summed E-state index contributed by atoms with van der Waals surface area (Å²) in [5.74, 6) is 0.387. The van der Waals surface area contributed by atoms with E-state index in [4.69, 9.17) is 21.1 Å². The predicted octanol–water partition coefficient (Wildman–Crippen LogP) is 4.32. The first-order valence-corrected chi connectivity index (χ1v) is 7.98. The van der Waals surface area contributed by atoms with Gasteiger partial charge >= 0.3 is 5.97 Å². The lowest BCUT2D eigenvalue weighted by Gasteiger charge is -2.22. The molecule has 0 atom stereocenters. The molecule has 4 nitrogen and oxygen atoms in total. The molecule has 122 valence electrons. The summed E-state index contributed by atoms with van der Waals surface area (Å²) in [5.41, 5.74) is -0.132. The minimum Gasteiger partial charge on any atom is -0.493 e. The lowest BCUT2D eigenvalue weighted by molar-refractivity contribution is -0.146. The Morgan fingerprint density at radius 2 is 1.95 bits per heavy atom. The summed E-state index contributed by atoms with van der Waals surface area (Å²) >= 11 is 6.33. The maximum absolute atomic E-state index is 11.3. The van der Waals surface area contributed by atoms with Gasteiger partial charge in [0, 0.05) is 11.1 Å². The largest absolute Gasteiger partial charge is 0.493 e. The van der Waals surface area contributed by atoms with E-state index in [1.807, 2.05) is 0 Å². The average Bonchev–Trinajstić information content (AvgIpc) is 2.94. The molecule has 1 aliphatic carbocycles. The van der Waals surface area contributed by atoms with E-state index in [9.17, 15) is 9.90 Å². The van der Waals surface area contributed by atoms with Crippen molar-refractivity contribution in [3.8, 4) is 11.5 Å². The van der Waals surface area contributed by atoms with Crippen molar-refractivity contribution in [3.63, 3.8) is 0 Å². The maximum atomic E-state index is 11.3. The van der Waals surface area contributed by atoms with Crippen molar-refractivity contribution in [2.75, 3.05) is 7.11 Å². The molecule has 0 aliphatic heterocycles. The molecular weight excluding hydrogens is 304 g/mol. The Morgan fingerprint density at radius 1 is 1.32 bits per heavy atom. The van der Waals surface area contributed by atoms with Gasteiger partial charge < -0.3 is 14.6 Å². The molecule has 1 aliphatic rings. The molecule has 0 heterocycles. The Kier molecular flexibility index (Phi) is 5.22. The summed E-state index contributed by atoms with van der Waals surface area (Å²) in [4.78, 5) is 11.3. The Balaban J connectivity index is 2.24. The Hall–Kier alpha value is -1.42. The zero-order valence-corrected chi connectivity index (χ0v) is 14.1. The Morgan fingerprint density at radius 3 is 2.50 bits per heavy atom. The average molecular weight is 327 g/mol.